The fourth-order valence-corrected chi connectivity index (χ4v) is 4.56. The van der Waals surface area contributed by atoms with E-state index in [0.717, 1.165) is 49.3 Å². The van der Waals surface area contributed by atoms with Gasteiger partial charge in [0.1, 0.15) is 6.07 Å². The van der Waals surface area contributed by atoms with Gasteiger partial charge in [0.2, 0.25) is 5.95 Å². The fourth-order valence-electron chi connectivity index (χ4n) is 4.56. The van der Waals surface area contributed by atoms with E-state index >= 15 is 0 Å². The van der Waals surface area contributed by atoms with Crippen molar-refractivity contribution in [2.24, 2.45) is 11.3 Å². The van der Waals surface area contributed by atoms with Gasteiger partial charge in [-0.15, -0.1) is 5.10 Å². The van der Waals surface area contributed by atoms with Crippen molar-refractivity contribution in [3.63, 3.8) is 0 Å². The largest absolute Gasteiger partial charge is 0.393 e. The number of hydrogen-bond acceptors (Lipinski definition) is 8. The SMILES string of the molecule is Cc1nnnn1-c1ccc(CCNc2ncc(C#N)c(C[C@@H]3CC[C@H](O)C(C)(C)C3)n2)cc1. The van der Waals surface area contributed by atoms with Crippen molar-refractivity contribution in [3.05, 3.63) is 53.1 Å². The number of nitrogens with zero attached hydrogens (tertiary/aromatic N) is 7. The molecule has 1 fully saturated rings. The highest BCUT2D eigenvalue weighted by molar-refractivity contribution is 5.38. The smallest absolute Gasteiger partial charge is 0.222 e. The predicted octanol–water partition coefficient (Wildman–Crippen LogP) is 3.02. The van der Waals surface area contributed by atoms with Crippen molar-refractivity contribution >= 4 is 5.95 Å². The summed E-state index contributed by atoms with van der Waals surface area (Å²) < 4.78 is 1.70. The van der Waals surface area contributed by atoms with Crippen LogP contribution in [-0.4, -0.2) is 47.9 Å². The second-order valence-corrected chi connectivity index (χ2v) is 9.50. The molecule has 1 aromatic carbocycles. The molecule has 1 aliphatic rings. The van der Waals surface area contributed by atoms with Crippen molar-refractivity contribution in [2.75, 3.05) is 11.9 Å². The second kappa shape index (κ2) is 9.63. The van der Waals surface area contributed by atoms with Gasteiger partial charge in [0, 0.05) is 6.54 Å². The Labute approximate surface area is 193 Å². The molecule has 2 aromatic heterocycles. The zero-order chi connectivity index (χ0) is 23.4. The molecular formula is C24H30N8O. The monoisotopic (exact) mass is 446 g/mol. The van der Waals surface area contributed by atoms with E-state index in [-0.39, 0.29) is 11.5 Å². The number of aryl methyl sites for hydroxylation is 1. The quantitative estimate of drug-likeness (QED) is 0.567. The Morgan fingerprint density at radius 2 is 2.03 bits per heavy atom. The first kappa shape index (κ1) is 22.8. The third-order valence-corrected chi connectivity index (χ3v) is 6.54. The lowest BCUT2D eigenvalue weighted by molar-refractivity contribution is -0.00748. The summed E-state index contributed by atoms with van der Waals surface area (Å²) in [6.45, 7) is 6.76. The Morgan fingerprint density at radius 3 is 2.70 bits per heavy atom. The van der Waals surface area contributed by atoms with E-state index in [1.54, 1.807) is 10.9 Å². The maximum Gasteiger partial charge on any atom is 0.222 e. The number of rotatable bonds is 7. The number of benzene rings is 1. The summed E-state index contributed by atoms with van der Waals surface area (Å²) in [4.78, 5) is 8.98. The van der Waals surface area contributed by atoms with Gasteiger partial charge in [-0.25, -0.2) is 9.97 Å². The van der Waals surface area contributed by atoms with E-state index in [1.165, 1.54) is 5.56 Å². The van der Waals surface area contributed by atoms with Crippen molar-refractivity contribution in [1.29, 1.82) is 5.26 Å². The molecule has 3 aromatic rings. The number of nitrogens with one attached hydrogen (secondary N) is 1. The Bertz CT molecular complexity index is 1130. The zero-order valence-electron chi connectivity index (χ0n) is 19.4. The standard InChI is InChI=1S/C24H30N8O/c1-16-29-30-31-32(16)20-7-4-17(5-8-20)10-11-26-23-27-15-19(14-25)21(28-23)12-18-6-9-22(33)24(2,3)13-18/h4-5,7-8,15,18,22,33H,6,9-13H2,1-3H3,(H,26,27,28)/t18-,22-/m0/s1. The fraction of sp³-hybridized carbons (Fsp3) is 0.500. The molecule has 172 valence electrons. The molecule has 0 amide bonds. The molecule has 0 unspecified atom stereocenters. The van der Waals surface area contributed by atoms with Gasteiger partial charge in [0.15, 0.2) is 5.82 Å². The molecule has 0 aliphatic heterocycles. The lowest BCUT2D eigenvalue weighted by atomic mass is 9.69. The Hall–Kier alpha value is -3.38. The number of aliphatic hydroxyl groups excluding tert-OH is 1. The van der Waals surface area contributed by atoms with E-state index in [9.17, 15) is 10.4 Å². The molecule has 9 nitrogen and oxygen atoms in total. The molecule has 1 aliphatic carbocycles. The number of aliphatic hydroxyl groups is 1. The first-order valence-electron chi connectivity index (χ1n) is 11.4. The van der Waals surface area contributed by atoms with Crippen LogP contribution in [0.1, 0.15) is 55.8 Å². The topological polar surface area (TPSA) is 125 Å². The lowest BCUT2D eigenvalue weighted by Crippen LogP contribution is -2.37. The van der Waals surface area contributed by atoms with E-state index in [1.807, 2.05) is 19.1 Å². The Kier molecular flexibility index (Phi) is 6.65. The summed E-state index contributed by atoms with van der Waals surface area (Å²) in [5, 5.41) is 34.6. The van der Waals surface area contributed by atoms with Crippen LogP contribution < -0.4 is 5.32 Å². The number of hydrogen-bond donors (Lipinski definition) is 2. The first-order valence-corrected chi connectivity index (χ1v) is 11.4. The molecule has 33 heavy (non-hydrogen) atoms. The van der Waals surface area contributed by atoms with E-state index in [0.29, 0.717) is 24.0 Å². The van der Waals surface area contributed by atoms with Crippen LogP contribution in [0.5, 0.6) is 0 Å². The third-order valence-electron chi connectivity index (χ3n) is 6.54. The zero-order valence-corrected chi connectivity index (χ0v) is 19.4. The molecule has 0 saturated heterocycles. The number of tetrazole rings is 1. The van der Waals surface area contributed by atoms with E-state index in [4.69, 9.17) is 0 Å². The minimum Gasteiger partial charge on any atom is -0.393 e. The molecule has 0 radical (unpaired) electrons. The van der Waals surface area contributed by atoms with Crippen molar-refractivity contribution < 1.29 is 5.11 Å². The van der Waals surface area contributed by atoms with Gasteiger partial charge in [0.25, 0.3) is 0 Å². The summed E-state index contributed by atoms with van der Waals surface area (Å²) in [6.07, 6.45) is 5.54. The second-order valence-electron chi connectivity index (χ2n) is 9.50. The van der Waals surface area contributed by atoms with Crippen molar-refractivity contribution in [1.82, 2.24) is 30.2 Å². The van der Waals surface area contributed by atoms with Gasteiger partial charge in [-0.05, 0) is 78.5 Å². The molecular weight excluding hydrogens is 416 g/mol. The summed E-state index contributed by atoms with van der Waals surface area (Å²) in [5.41, 5.74) is 3.30. The van der Waals surface area contributed by atoms with Gasteiger partial charge in [-0.2, -0.15) is 9.94 Å². The van der Waals surface area contributed by atoms with Crippen LogP contribution in [0.25, 0.3) is 5.69 Å². The maximum atomic E-state index is 10.2. The number of anilines is 1. The van der Waals surface area contributed by atoms with Crippen LogP contribution in [0, 0.1) is 29.6 Å². The normalized spacial score (nSPS) is 19.7. The molecule has 2 N–H and O–H groups in total. The highest BCUT2D eigenvalue weighted by Gasteiger charge is 2.35. The summed E-state index contributed by atoms with van der Waals surface area (Å²) in [5.74, 6) is 1.69. The van der Waals surface area contributed by atoms with Gasteiger partial charge < -0.3 is 10.4 Å². The van der Waals surface area contributed by atoms with Gasteiger partial charge >= 0.3 is 0 Å². The molecule has 4 rings (SSSR count). The van der Waals surface area contributed by atoms with Gasteiger partial charge in [0.05, 0.1) is 29.2 Å². The average Bonchev–Trinajstić information content (AvgIpc) is 3.23. The van der Waals surface area contributed by atoms with Gasteiger partial charge in [-0.3, -0.25) is 0 Å². The minimum absolute atomic E-state index is 0.109. The van der Waals surface area contributed by atoms with Crippen LogP contribution in [-0.2, 0) is 12.8 Å². The molecule has 1 saturated carbocycles. The summed E-state index contributed by atoms with van der Waals surface area (Å²) in [7, 11) is 0. The van der Waals surface area contributed by atoms with Crippen LogP contribution in [0.4, 0.5) is 5.95 Å². The molecule has 9 heteroatoms. The Balaban J connectivity index is 1.36. The van der Waals surface area contributed by atoms with Crippen molar-refractivity contribution in [3.8, 4) is 11.8 Å². The number of aromatic nitrogens is 6. The summed E-state index contributed by atoms with van der Waals surface area (Å²) >= 11 is 0. The van der Waals surface area contributed by atoms with Gasteiger partial charge in [-0.1, -0.05) is 26.0 Å². The van der Waals surface area contributed by atoms with E-state index < -0.39 is 0 Å². The number of nitriles is 1. The van der Waals surface area contributed by atoms with E-state index in [2.05, 4.69) is 62.9 Å². The van der Waals surface area contributed by atoms with Crippen LogP contribution >= 0.6 is 0 Å². The maximum absolute atomic E-state index is 10.2. The molecule has 0 spiro atoms. The minimum atomic E-state index is -0.266. The summed E-state index contributed by atoms with van der Waals surface area (Å²) in [6, 6.07) is 10.3. The molecule has 0 bridgehead atoms. The highest BCUT2D eigenvalue weighted by Crippen LogP contribution is 2.40. The van der Waals surface area contributed by atoms with Crippen LogP contribution in [0.3, 0.4) is 0 Å². The van der Waals surface area contributed by atoms with Crippen LogP contribution in [0.2, 0.25) is 0 Å². The Morgan fingerprint density at radius 1 is 1.24 bits per heavy atom. The average molecular weight is 447 g/mol. The molecule has 2 heterocycles. The third kappa shape index (κ3) is 5.34. The molecule has 2 atom stereocenters. The van der Waals surface area contributed by atoms with Crippen LogP contribution in [0.15, 0.2) is 30.5 Å². The highest BCUT2D eigenvalue weighted by atomic mass is 16.3. The first-order chi connectivity index (χ1) is 15.9. The predicted molar refractivity (Wildman–Crippen MR) is 124 cm³/mol. The lowest BCUT2D eigenvalue weighted by Gasteiger charge is -2.39. The van der Waals surface area contributed by atoms with Crippen molar-refractivity contribution in [2.45, 2.75) is 59.0 Å².